The number of thiophene rings is 1. The summed E-state index contributed by atoms with van der Waals surface area (Å²) in [5, 5.41) is 8.50. The lowest BCUT2D eigenvalue weighted by Gasteiger charge is -2.03. The minimum Gasteiger partial charge on any atom is -0.351 e. The van der Waals surface area contributed by atoms with Crippen LogP contribution in [0.2, 0.25) is 10.2 Å². The monoisotopic (exact) mass is 428 g/mol. The summed E-state index contributed by atoms with van der Waals surface area (Å²) in [6.07, 6.45) is 0. The quantitative estimate of drug-likeness (QED) is 0.631. The van der Waals surface area contributed by atoms with Gasteiger partial charge in [-0.2, -0.15) is 0 Å². The van der Waals surface area contributed by atoms with Crippen LogP contribution in [0.5, 0.6) is 0 Å². The van der Waals surface area contributed by atoms with Crippen LogP contribution in [-0.2, 0) is 18.4 Å². The average molecular weight is 429 g/mol. The number of nitrogens with zero attached hydrogens (tertiary/aromatic N) is 2. The number of nitrogens with one attached hydrogen (secondary N) is 2. The summed E-state index contributed by atoms with van der Waals surface area (Å²) in [6.45, 7) is 1.97. The van der Waals surface area contributed by atoms with Gasteiger partial charge >= 0.3 is 0 Å². The number of hydrogen-bond acceptors (Lipinski definition) is 5. The van der Waals surface area contributed by atoms with Gasteiger partial charge in [0.1, 0.15) is 10.8 Å². The van der Waals surface area contributed by atoms with E-state index in [1.807, 2.05) is 17.5 Å². The van der Waals surface area contributed by atoms with Crippen molar-refractivity contribution in [3.8, 4) is 10.6 Å². The maximum absolute atomic E-state index is 12.4. The molecule has 3 rings (SSSR count). The Hall–Kier alpha value is -1.87. The molecule has 0 atom stereocenters. The highest BCUT2D eigenvalue weighted by Gasteiger charge is 2.17. The molecule has 0 saturated heterocycles. The topological polar surface area (TPSA) is 76.0 Å². The summed E-state index contributed by atoms with van der Waals surface area (Å²) in [5.41, 5.74) is 1.12. The number of rotatable bonds is 5. The highest BCUT2D eigenvalue weighted by molar-refractivity contribution is 7.17. The average Bonchev–Trinajstić information content (AvgIpc) is 3.29. The fourth-order valence-corrected chi connectivity index (χ4v) is 4.25. The molecule has 0 aliphatic rings. The van der Waals surface area contributed by atoms with Gasteiger partial charge < -0.3 is 9.88 Å². The van der Waals surface area contributed by atoms with Crippen molar-refractivity contribution < 1.29 is 9.59 Å². The van der Waals surface area contributed by atoms with Crippen LogP contribution in [0.25, 0.3) is 10.6 Å². The molecule has 0 saturated carbocycles. The zero-order chi connectivity index (χ0) is 18.8. The van der Waals surface area contributed by atoms with Gasteiger partial charge in [0, 0.05) is 24.2 Å². The molecular formula is C16H14Cl2N4O2S2. The van der Waals surface area contributed by atoms with E-state index in [0.29, 0.717) is 27.5 Å². The third kappa shape index (κ3) is 4.09. The summed E-state index contributed by atoms with van der Waals surface area (Å²) in [4.78, 5) is 29.8. The number of amides is 2. The van der Waals surface area contributed by atoms with Gasteiger partial charge in [-0.15, -0.1) is 22.7 Å². The molecule has 0 unspecified atom stereocenters. The second kappa shape index (κ2) is 7.79. The summed E-state index contributed by atoms with van der Waals surface area (Å²) in [5.74, 6) is -0.404. The van der Waals surface area contributed by atoms with Crippen LogP contribution in [-0.4, -0.2) is 21.4 Å². The fourth-order valence-electron chi connectivity index (χ4n) is 2.19. The Balaban J connectivity index is 1.71. The zero-order valence-corrected chi connectivity index (χ0v) is 16.9. The molecule has 0 spiro atoms. The van der Waals surface area contributed by atoms with Crippen LogP contribution >= 0.6 is 45.9 Å². The summed E-state index contributed by atoms with van der Waals surface area (Å²) >= 11 is 14.8. The number of thiazole rings is 1. The van der Waals surface area contributed by atoms with Gasteiger partial charge in [-0.05, 0) is 18.2 Å². The SMILES string of the molecule is CC(=O)NCc1ccc(-c2csc(NC(=O)c3cc(Cl)c(Cl)n3C)n2)s1. The maximum atomic E-state index is 12.4. The molecule has 2 N–H and O–H groups in total. The predicted molar refractivity (Wildman–Crippen MR) is 106 cm³/mol. The molecule has 0 aliphatic heterocycles. The molecule has 0 aliphatic carbocycles. The highest BCUT2D eigenvalue weighted by Crippen LogP contribution is 2.31. The zero-order valence-electron chi connectivity index (χ0n) is 13.8. The van der Waals surface area contributed by atoms with E-state index < -0.39 is 0 Å². The van der Waals surface area contributed by atoms with E-state index in [1.54, 1.807) is 18.4 Å². The number of aromatic nitrogens is 2. The fraction of sp³-hybridized carbons (Fsp3) is 0.188. The van der Waals surface area contributed by atoms with E-state index in [-0.39, 0.29) is 11.8 Å². The Labute approximate surface area is 167 Å². The highest BCUT2D eigenvalue weighted by atomic mass is 35.5. The lowest BCUT2D eigenvalue weighted by atomic mass is 10.3. The molecule has 0 fully saturated rings. The van der Waals surface area contributed by atoms with Crippen LogP contribution < -0.4 is 10.6 Å². The van der Waals surface area contributed by atoms with Crippen LogP contribution in [0.1, 0.15) is 22.3 Å². The van der Waals surface area contributed by atoms with Crippen LogP contribution in [0.4, 0.5) is 5.13 Å². The lowest BCUT2D eigenvalue weighted by Crippen LogP contribution is -2.17. The second-order valence-electron chi connectivity index (χ2n) is 5.40. The number of anilines is 1. The van der Waals surface area contributed by atoms with Crippen molar-refractivity contribution in [3.63, 3.8) is 0 Å². The van der Waals surface area contributed by atoms with Crippen molar-refractivity contribution >= 4 is 62.8 Å². The van der Waals surface area contributed by atoms with E-state index >= 15 is 0 Å². The Bertz CT molecular complexity index is 977. The normalized spacial score (nSPS) is 10.8. The first-order chi connectivity index (χ1) is 12.3. The van der Waals surface area contributed by atoms with Gasteiger partial charge in [0.25, 0.3) is 5.91 Å². The van der Waals surface area contributed by atoms with Crippen molar-refractivity contribution in [2.24, 2.45) is 7.05 Å². The Kier molecular flexibility index (Phi) is 5.67. The van der Waals surface area contributed by atoms with Crippen LogP contribution in [0.3, 0.4) is 0 Å². The molecule has 10 heteroatoms. The maximum Gasteiger partial charge on any atom is 0.274 e. The Morgan fingerprint density at radius 2 is 2.08 bits per heavy atom. The van der Waals surface area contributed by atoms with Crippen molar-refractivity contribution in [1.82, 2.24) is 14.9 Å². The van der Waals surface area contributed by atoms with Crippen molar-refractivity contribution in [1.29, 1.82) is 0 Å². The van der Waals surface area contributed by atoms with E-state index in [4.69, 9.17) is 23.2 Å². The molecule has 136 valence electrons. The lowest BCUT2D eigenvalue weighted by molar-refractivity contribution is -0.119. The molecule has 0 radical (unpaired) electrons. The van der Waals surface area contributed by atoms with Crippen molar-refractivity contribution in [2.75, 3.05) is 5.32 Å². The van der Waals surface area contributed by atoms with Crippen LogP contribution in [0.15, 0.2) is 23.6 Å². The van der Waals surface area contributed by atoms with Crippen LogP contribution in [0, 0.1) is 0 Å². The minimum absolute atomic E-state index is 0.0699. The Morgan fingerprint density at radius 1 is 1.31 bits per heavy atom. The Morgan fingerprint density at radius 3 is 2.73 bits per heavy atom. The number of carbonyl (C=O) groups excluding carboxylic acids is 2. The molecule has 0 aromatic carbocycles. The first kappa shape index (κ1) is 18.9. The van der Waals surface area contributed by atoms with E-state index in [2.05, 4.69) is 15.6 Å². The molecule has 2 amide bonds. The minimum atomic E-state index is -0.334. The first-order valence-corrected chi connectivity index (χ1v) is 9.91. The molecule has 3 aromatic heterocycles. The van der Waals surface area contributed by atoms with E-state index in [1.165, 1.54) is 28.9 Å². The number of hydrogen-bond donors (Lipinski definition) is 2. The molecule has 0 bridgehead atoms. The molecule has 26 heavy (non-hydrogen) atoms. The van der Waals surface area contributed by atoms with Gasteiger partial charge in [0.05, 0.1) is 22.1 Å². The summed E-state index contributed by atoms with van der Waals surface area (Å²) < 4.78 is 1.52. The third-order valence-electron chi connectivity index (χ3n) is 3.50. The molecular weight excluding hydrogens is 415 g/mol. The van der Waals surface area contributed by atoms with Gasteiger partial charge in [-0.25, -0.2) is 4.98 Å². The molecule has 3 heterocycles. The van der Waals surface area contributed by atoms with Crippen molar-refractivity contribution in [2.45, 2.75) is 13.5 Å². The summed E-state index contributed by atoms with van der Waals surface area (Å²) in [6, 6.07) is 5.40. The van der Waals surface area contributed by atoms with Gasteiger partial charge in [-0.1, -0.05) is 23.2 Å². The van der Waals surface area contributed by atoms with E-state index in [9.17, 15) is 9.59 Å². The first-order valence-electron chi connectivity index (χ1n) is 7.46. The molecule has 6 nitrogen and oxygen atoms in total. The molecule has 3 aromatic rings. The standard InChI is InChI=1S/C16H14Cl2N4O2S2/c1-8(23)19-6-9-3-4-13(26-9)11-7-25-16(20-11)21-15(24)12-5-10(17)14(18)22(12)2/h3-5,7H,6H2,1-2H3,(H,19,23)(H,20,21,24). The van der Waals surface area contributed by atoms with Gasteiger partial charge in [-0.3, -0.25) is 14.9 Å². The summed E-state index contributed by atoms with van der Waals surface area (Å²) in [7, 11) is 1.67. The van der Waals surface area contributed by atoms with Crippen molar-refractivity contribution in [3.05, 3.63) is 44.3 Å². The van der Waals surface area contributed by atoms with E-state index in [0.717, 1.165) is 15.4 Å². The largest absolute Gasteiger partial charge is 0.351 e. The second-order valence-corrected chi connectivity index (χ2v) is 8.19. The van der Waals surface area contributed by atoms with Gasteiger partial charge in [0.2, 0.25) is 5.91 Å². The number of carbonyl (C=O) groups is 2. The predicted octanol–water partition coefficient (Wildman–Crippen LogP) is 4.41. The van der Waals surface area contributed by atoms with Gasteiger partial charge in [0.15, 0.2) is 5.13 Å². The number of halogens is 2. The smallest absolute Gasteiger partial charge is 0.274 e. The third-order valence-corrected chi connectivity index (χ3v) is 6.21.